The summed E-state index contributed by atoms with van der Waals surface area (Å²) in [6.45, 7) is 2.25. The zero-order chi connectivity index (χ0) is 12.3. The first-order valence-electron chi connectivity index (χ1n) is 5.62. The molecule has 17 heavy (non-hydrogen) atoms. The van der Waals surface area contributed by atoms with Crippen LogP contribution in [0.15, 0.2) is 18.5 Å². The molecule has 3 unspecified atom stereocenters. The van der Waals surface area contributed by atoms with Gasteiger partial charge in [-0.2, -0.15) is 23.5 Å². The third-order valence-electron chi connectivity index (χ3n) is 2.97. The Morgan fingerprint density at radius 2 is 2.24 bits per heavy atom. The van der Waals surface area contributed by atoms with Crippen molar-refractivity contribution in [2.45, 2.75) is 23.5 Å². The number of nitrogens with two attached hydrogens (primary N) is 2. The van der Waals surface area contributed by atoms with Crippen molar-refractivity contribution in [2.75, 3.05) is 17.2 Å². The van der Waals surface area contributed by atoms with Gasteiger partial charge in [0, 0.05) is 45.7 Å². The lowest BCUT2D eigenvalue weighted by Crippen LogP contribution is -2.41. The quantitative estimate of drug-likeness (QED) is 0.569. The van der Waals surface area contributed by atoms with E-state index in [1.54, 1.807) is 6.20 Å². The molecule has 94 valence electrons. The molecule has 0 amide bonds. The summed E-state index contributed by atoms with van der Waals surface area (Å²) >= 11 is 3.95. The van der Waals surface area contributed by atoms with E-state index in [0.29, 0.717) is 10.5 Å². The number of nitrogen functional groups attached to an aromatic ring is 1. The van der Waals surface area contributed by atoms with Crippen LogP contribution in [0.25, 0.3) is 0 Å². The lowest BCUT2D eigenvalue weighted by molar-refractivity contribution is 0.527. The van der Waals surface area contributed by atoms with Crippen molar-refractivity contribution < 1.29 is 0 Å². The first-order valence-corrected chi connectivity index (χ1v) is 7.72. The van der Waals surface area contributed by atoms with E-state index in [9.17, 15) is 0 Å². The summed E-state index contributed by atoms with van der Waals surface area (Å²) in [5, 5.41) is 1.000. The number of hydrogen-bond donors (Lipinski definition) is 3. The fourth-order valence-electron chi connectivity index (χ4n) is 2.05. The molecule has 2 heterocycles. The maximum atomic E-state index is 6.00. The summed E-state index contributed by atoms with van der Waals surface area (Å²) in [5.74, 6) is 8.09. The number of hydrogen-bond acceptors (Lipinski definition) is 6. The van der Waals surface area contributed by atoms with Gasteiger partial charge in [0.2, 0.25) is 0 Å². The van der Waals surface area contributed by atoms with Gasteiger partial charge >= 0.3 is 0 Å². The summed E-state index contributed by atoms with van der Waals surface area (Å²) in [5.41, 5.74) is 10.7. The second-order valence-corrected chi connectivity index (χ2v) is 6.83. The van der Waals surface area contributed by atoms with Crippen LogP contribution in [0.5, 0.6) is 0 Å². The third-order valence-corrected chi connectivity index (χ3v) is 6.16. The van der Waals surface area contributed by atoms with E-state index in [0.717, 1.165) is 17.0 Å². The average Bonchev–Trinajstić information content (AvgIpc) is 2.34. The minimum Gasteiger partial charge on any atom is -0.398 e. The molecule has 3 atom stereocenters. The van der Waals surface area contributed by atoms with E-state index in [1.165, 1.54) is 5.75 Å². The van der Waals surface area contributed by atoms with Crippen molar-refractivity contribution in [2.24, 2.45) is 5.84 Å². The molecule has 6 heteroatoms. The Balaban J connectivity index is 2.23. The van der Waals surface area contributed by atoms with Gasteiger partial charge in [0.1, 0.15) is 0 Å². The Morgan fingerprint density at radius 1 is 1.47 bits per heavy atom. The molecule has 0 aromatic carbocycles. The van der Waals surface area contributed by atoms with Crippen molar-refractivity contribution >= 4 is 29.2 Å². The highest BCUT2D eigenvalue weighted by atomic mass is 32.2. The Bertz CT molecular complexity index is 374. The highest BCUT2D eigenvalue weighted by Gasteiger charge is 2.31. The number of hydrazine groups is 1. The van der Waals surface area contributed by atoms with Gasteiger partial charge in [0.25, 0.3) is 0 Å². The second-order valence-electron chi connectivity index (χ2n) is 4.06. The summed E-state index contributed by atoms with van der Waals surface area (Å²) in [6.07, 6.45) is 3.52. The minimum absolute atomic E-state index is 0.0662. The second kappa shape index (κ2) is 5.95. The third kappa shape index (κ3) is 2.88. The van der Waals surface area contributed by atoms with Gasteiger partial charge in [0.05, 0.1) is 6.04 Å². The SMILES string of the molecule is CC1SCCSC1C(NN)c1cnccc1N. The monoisotopic (exact) mass is 270 g/mol. The molecule has 0 saturated carbocycles. The number of rotatable bonds is 3. The Morgan fingerprint density at radius 3 is 2.88 bits per heavy atom. The zero-order valence-electron chi connectivity index (χ0n) is 9.80. The van der Waals surface area contributed by atoms with Crippen molar-refractivity contribution in [3.05, 3.63) is 24.0 Å². The average molecular weight is 270 g/mol. The molecule has 2 rings (SSSR count). The van der Waals surface area contributed by atoms with Crippen molar-refractivity contribution in [1.29, 1.82) is 0 Å². The number of pyridine rings is 1. The number of aromatic nitrogens is 1. The van der Waals surface area contributed by atoms with E-state index in [-0.39, 0.29) is 6.04 Å². The fraction of sp³-hybridized carbons (Fsp3) is 0.545. The Labute approximate surface area is 110 Å². The predicted octanol–water partition coefficient (Wildman–Crippen LogP) is 1.41. The number of nitrogens with one attached hydrogen (secondary N) is 1. The number of thioether (sulfide) groups is 2. The summed E-state index contributed by atoms with van der Waals surface area (Å²) < 4.78 is 0. The maximum Gasteiger partial charge on any atom is 0.0624 e. The molecule has 1 fully saturated rings. The first-order chi connectivity index (χ1) is 8.24. The molecule has 1 aliphatic rings. The van der Waals surface area contributed by atoms with Crippen LogP contribution in [0, 0.1) is 0 Å². The molecule has 1 aromatic rings. The van der Waals surface area contributed by atoms with Crippen molar-refractivity contribution in [3.63, 3.8) is 0 Å². The minimum atomic E-state index is 0.0662. The largest absolute Gasteiger partial charge is 0.398 e. The molecule has 0 radical (unpaired) electrons. The molecule has 1 saturated heterocycles. The molecular formula is C11H18N4S2. The maximum absolute atomic E-state index is 6.00. The molecule has 0 aliphatic carbocycles. The lowest BCUT2D eigenvalue weighted by atomic mass is 10.0. The Hall–Kier alpha value is -0.430. The lowest BCUT2D eigenvalue weighted by Gasteiger charge is -2.34. The van der Waals surface area contributed by atoms with Gasteiger partial charge in [-0.05, 0) is 6.07 Å². The molecule has 1 aliphatic heterocycles. The van der Waals surface area contributed by atoms with Crippen LogP contribution in [0.4, 0.5) is 5.69 Å². The van der Waals surface area contributed by atoms with Crippen LogP contribution < -0.4 is 17.0 Å². The number of nitrogens with zero attached hydrogens (tertiary/aromatic N) is 1. The zero-order valence-corrected chi connectivity index (χ0v) is 11.4. The van der Waals surface area contributed by atoms with E-state index < -0.39 is 0 Å². The highest BCUT2D eigenvalue weighted by molar-refractivity contribution is 8.07. The highest BCUT2D eigenvalue weighted by Crippen LogP contribution is 2.39. The van der Waals surface area contributed by atoms with E-state index in [2.05, 4.69) is 17.3 Å². The summed E-state index contributed by atoms with van der Waals surface area (Å²) in [7, 11) is 0. The van der Waals surface area contributed by atoms with Crippen molar-refractivity contribution in [1.82, 2.24) is 10.4 Å². The van der Waals surface area contributed by atoms with Crippen LogP contribution in [0.1, 0.15) is 18.5 Å². The Kier molecular flexibility index (Phi) is 4.55. The van der Waals surface area contributed by atoms with E-state index in [4.69, 9.17) is 11.6 Å². The van der Waals surface area contributed by atoms with Crippen molar-refractivity contribution in [3.8, 4) is 0 Å². The molecule has 1 aromatic heterocycles. The standard InChI is InChI=1S/C11H18N4S2/c1-7-11(17-5-4-16-7)10(15-13)8-6-14-3-2-9(8)12/h2-3,6-7,10-11,15H,4-5,13H2,1H3,(H2,12,14). The predicted molar refractivity (Wildman–Crippen MR) is 76.9 cm³/mol. The van der Waals surface area contributed by atoms with Gasteiger partial charge in [-0.25, -0.2) is 0 Å². The van der Waals surface area contributed by atoms with E-state index >= 15 is 0 Å². The van der Waals surface area contributed by atoms with Crippen LogP contribution >= 0.6 is 23.5 Å². The van der Waals surface area contributed by atoms with Crippen LogP contribution in [-0.2, 0) is 0 Å². The van der Waals surface area contributed by atoms with Gasteiger partial charge < -0.3 is 5.73 Å². The summed E-state index contributed by atoms with van der Waals surface area (Å²) in [4.78, 5) is 4.14. The topological polar surface area (TPSA) is 77.0 Å². The molecule has 0 spiro atoms. The molecule has 4 nitrogen and oxygen atoms in total. The van der Waals surface area contributed by atoms with Gasteiger partial charge in [-0.15, -0.1) is 0 Å². The first kappa shape index (κ1) is 13.0. The molecule has 5 N–H and O–H groups in total. The van der Waals surface area contributed by atoms with Gasteiger partial charge in [-0.3, -0.25) is 16.3 Å². The fourth-order valence-corrected chi connectivity index (χ4v) is 4.98. The normalized spacial score (nSPS) is 26.7. The van der Waals surface area contributed by atoms with Gasteiger partial charge in [0.15, 0.2) is 0 Å². The van der Waals surface area contributed by atoms with Gasteiger partial charge in [-0.1, -0.05) is 6.92 Å². The van der Waals surface area contributed by atoms with E-state index in [1.807, 2.05) is 35.8 Å². The molecule has 0 bridgehead atoms. The van der Waals surface area contributed by atoms with Crippen LogP contribution in [0.2, 0.25) is 0 Å². The summed E-state index contributed by atoms with van der Waals surface area (Å²) in [6, 6.07) is 1.89. The van der Waals surface area contributed by atoms with Crippen LogP contribution in [-0.4, -0.2) is 27.0 Å². The van der Waals surface area contributed by atoms with Crippen LogP contribution in [0.3, 0.4) is 0 Å². The molecular weight excluding hydrogens is 252 g/mol. The smallest absolute Gasteiger partial charge is 0.0624 e. The number of anilines is 1.